The number of ketones is 1. The molecule has 0 radical (unpaired) electrons. The summed E-state index contributed by atoms with van der Waals surface area (Å²) in [6.07, 6.45) is 0. The predicted molar refractivity (Wildman–Crippen MR) is 135 cm³/mol. The smallest absolute Gasteiger partial charge is 0.338 e. The maximum atomic E-state index is 13.2. The zero-order valence-electron chi connectivity index (χ0n) is 19.4. The number of fused-ring (bicyclic) bond motifs is 1. The molecule has 0 amide bonds. The molecule has 0 N–H and O–H groups in total. The predicted octanol–water partition coefficient (Wildman–Crippen LogP) is 3.98. The van der Waals surface area contributed by atoms with Crippen LogP contribution in [0.2, 0.25) is 0 Å². The summed E-state index contributed by atoms with van der Waals surface area (Å²) in [4.78, 5) is 27.2. The van der Waals surface area contributed by atoms with E-state index in [0.29, 0.717) is 31.8 Å². The molecule has 4 aromatic rings. The lowest BCUT2D eigenvalue weighted by Crippen LogP contribution is -2.48. The highest BCUT2D eigenvalue weighted by atomic mass is 32.2. The van der Waals surface area contributed by atoms with E-state index in [9.17, 15) is 18.0 Å². The number of ether oxygens (including phenoxy) is 1. The van der Waals surface area contributed by atoms with Crippen LogP contribution in [0.25, 0.3) is 11.0 Å². The highest BCUT2D eigenvalue weighted by Gasteiger charge is 2.29. The minimum atomic E-state index is -3.80. The monoisotopic (exact) mass is 504 g/mol. The number of hydrogen-bond acceptors (Lipinski definition) is 7. The minimum absolute atomic E-state index is 0.00808. The van der Waals surface area contributed by atoms with E-state index in [-0.39, 0.29) is 16.2 Å². The number of anilines is 1. The number of sulfonamides is 1. The molecule has 0 unspecified atom stereocenters. The molecule has 1 saturated heterocycles. The SMILES string of the molecule is O=C(OCC(=O)c1cc2ccccc2o1)c1cccc(S(=O)(=O)N2CCN(c3ccccc3)CC2)c1. The van der Waals surface area contributed by atoms with Crippen molar-refractivity contribution in [3.05, 3.63) is 96.3 Å². The molecule has 2 heterocycles. The van der Waals surface area contributed by atoms with E-state index in [1.54, 1.807) is 18.2 Å². The van der Waals surface area contributed by atoms with Crippen LogP contribution in [-0.2, 0) is 14.8 Å². The van der Waals surface area contributed by atoms with Gasteiger partial charge < -0.3 is 14.1 Å². The Morgan fingerprint density at radius 1 is 0.833 bits per heavy atom. The van der Waals surface area contributed by atoms with E-state index < -0.39 is 28.4 Å². The van der Waals surface area contributed by atoms with Crippen LogP contribution in [0.1, 0.15) is 20.9 Å². The highest BCUT2D eigenvalue weighted by molar-refractivity contribution is 7.89. The molecule has 0 saturated carbocycles. The Kier molecular flexibility index (Phi) is 6.58. The normalized spacial score (nSPS) is 14.6. The van der Waals surface area contributed by atoms with Gasteiger partial charge in [0, 0.05) is 37.3 Å². The third-order valence-corrected chi connectivity index (χ3v) is 8.00. The highest BCUT2D eigenvalue weighted by Crippen LogP contribution is 2.23. The maximum absolute atomic E-state index is 13.2. The molecular formula is C27H24N2O6S. The Morgan fingerprint density at radius 3 is 2.31 bits per heavy atom. The van der Waals surface area contributed by atoms with Gasteiger partial charge in [-0.3, -0.25) is 4.79 Å². The molecule has 1 fully saturated rings. The van der Waals surface area contributed by atoms with E-state index in [2.05, 4.69) is 4.90 Å². The van der Waals surface area contributed by atoms with Gasteiger partial charge in [0.25, 0.3) is 0 Å². The summed E-state index contributed by atoms with van der Waals surface area (Å²) in [7, 11) is -3.80. The van der Waals surface area contributed by atoms with Crippen LogP contribution >= 0.6 is 0 Å². The summed E-state index contributed by atoms with van der Waals surface area (Å²) in [6, 6.07) is 24.3. The van der Waals surface area contributed by atoms with Gasteiger partial charge in [-0.05, 0) is 42.5 Å². The number of nitrogens with zero attached hydrogens (tertiary/aromatic N) is 2. The standard InChI is InChI=1S/C27H24N2O6S/c30-24(26-18-20-7-4-5-12-25(20)35-26)19-34-27(31)21-8-6-11-23(17-21)36(32,33)29-15-13-28(14-16-29)22-9-2-1-3-10-22/h1-12,17-18H,13-16,19H2. The van der Waals surface area contributed by atoms with E-state index in [1.165, 1.54) is 28.6 Å². The summed E-state index contributed by atoms with van der Waals surface area (Å²) >= 11 is 0. The minimum Gasteiger partial charge on any atom is -0.454 e. The number of carbonyl (C=O) groups excluding carboxylic acids is 2. The number of furan rings is 1. The number of benzene rings is 3. The molecule has 8 nitrogen and oxygen atoms in total. The first-order chi connectivity index (χ1) is 17.4. The number of para-hydroxylation sites is 2. The molecule has 0 aliphatic carbocycles. The van der Waals surface area contributed by atoms with Crippen molar-refractivity contribution in [2.75, 3.05) is 37.7 Å². The first kappa shape index (κ1) is 23.8. The van der Waals surface area contributed by atoms with Crippen molar-refractivity contribution in [2.24, 2.45) is 0 Å². The Balaban J connectivity index is 1.22. The van der Waals surface area contributed by atoms with Crippen LogP contribution in [0, 0.1) is 0 Å². The van der Waals surface area contributed by atoms with Crippen LogP contribution in [0.5, 0.6) is 0 Å². The number of esters is 1. The second-order valence-electron chi connectivity index (χ2n) is 8.40. The fraction of sp³-hybridized carbons (Fsp3) is 0.185. The third kappa shape index (κ3) is 4.89. The van der Waals surface area contributed by atoms with Gasteiger partial charge >= 0.3 is 5.97 Å². The van der Waals surface area contributed by atoms with E-state index in [1.807, 2.05) is 42.5 Å². The van der Waals surface area contributed by atoms with E-state index in [4.69, 9.17) is 9.15 Å². The molecule has 1 aliphatic heterocycles. The average Bonchev–Trinajstić information content (AvgIpc) is 3.37. The van der Waals surface area contributed by atoms with Crippen LogP contribution < -0.4 is 4.90 Å². The van der Waals surface area contributed by atoms with Gasteiger partial charge in [0.2, 0.25) is 15.8 Å². The molecule has 184 valence electrons. The summed E-state index contributed by atoms with van der Waals surface area (Å²) in [5, 5.41) is 0.773. The van der Waals surface area contributed by atoms with Crippen molar-refractivity contribution in [1.29, 1.82) is 0 Å². The lowest BCUT2D eigenvalue weighted by molar-refractivity contribution is 0.0468. The molecule has 5 rings (SSSR count). The lowest BCUT2D eigenvalue weighted by atomic mass is 10.2. The molecule has 36 heavy (non-hydrogen) atoms. The van der Waals surface area contributed by atoms with Crippen molar-refractivity contribution in [3.8, 4) is 0 Å². The van der Waals surface area contributed by atoms with Crippen LogP contribution in [0.4, 0.5) is 5.69 Å². The first-order valence-electron chi connectivity index (χ1n) is 11.5. The van der Waals surface area contributed by atoms with Gasteiger partial charge in [0.15, 0.2) is 12.4 Å². The third-order valence-electron chi connectivity index (χ3n) is 6.10. The number of hydrogen-bond donors (Lipinski definition) is 0. The van der Waals surface area contributed by atoms with E-state index >= 15 is 0 Å². The topological polar surface area (TPSA) is 97.1 Å². The Bertz CT molecular complexity index is 1470. The Morgan fingerprint density at radius 2 is 1.56 bits per heavy atom. The number of Topliss-reactive ketones (excluding diaryl/α,β-unsaturated/α-hetero) is 1. The fourth-order valence-electron chi connectivity index (χ4n) is 4.16. The number of piperazine rings is 1. The number of rotatable bonds is 7. The lowest BCUT2D eigenvalue weighted by Gasteiger charge is -2.35. The van der Waals surface area contributed by atoms with Gasteiger partial charge in [0.05, 0.1) is 10.5 Å². The summed E-state index contributed by atoms with van der Waals surface area (Å²) in [5.41, 5.74) is 1.67. The van der Waals surface area contributed by atoms with Crippen molar-refractivity contribution < 1.29 is 27.2 Å². The zero-order valence-corrected chi connectivity index (χ0v) is 20.2. The molecule has 9 heteroatoms. The first-order valence-corrected chi connectivity index (χ1v) is 12.9. The maximum Gasteiger partial charge on any atom is 0.338 e. The van der Waals surface area contributed by atoms with Crippen molar-refractivity contribution in [2.45, 2.75) is 4.90 Å². The molecule has 3 aromatic carbocycles. The second-order valence-corrected chi connectivity index (χ2v) is 10.3. The van der Waals surface area contributed by atoms with Crippen LogP contribution in [0.15, 0.2) is 94.2 Å². The van der Waals surface area contributed by atoms with Gasteiger partial charge in [-0.25, -0.2) is 13.2 Å². The summed E-state index contributed by atoms with van der Waals surface area (Å²) in [6.45, 7) is 1.27. The van der Waals surface area contributed by atoms with Gasteiger partial charge in [-0.2, -0.15) is 4.31 Å². The van der Waals surface area contributed by atoms with Crippen LogP contribution in [-0.4, -0.2) is 57.3 Å². The van der Waals surface area contributed by atoms with Crippen molar-refractivity contribution >= 4 is 38.4 Å². The average molecular weight is 505 g/mol. The molecule has 1 aliphatic rings. The van der Waals surface area contributed by atoms with Gasteiger partial charge in [-0.15, -0.1) is 0 Å². The molecule has 1 aromatic heterocycles. The summed E-state index contributed by atoms with van der Waals surface area (Å²) < 4.78 is 38.5. The van der Waals surface area contributed by atoms with Crippen molar-refractivity contribution in [1.82, 2.24) is 4.31 Å². The fourth-order valence-corrected chi connectivity index (χ4v) is 5.63. The summed E-state index contributed by atoms with van der Waals surface area (Å²) in [5.74, 6) is -1.18. The van der Waals surface area contributed by atoms with Gasteiger partial charge in [0.1, 0.15) is 5.58 Å². The largest absolute Gasteiger partial charge is 0.454 e. The Labute approximate surface area is 208 Å². The van der Waals surface area contributed by atoms with Crippen molar-refractivity contribution in [3.63, 3.8) is 0 Å². The zero-order chi connectivity index (χ0) is 25.1. The van der Waals surface area contributed by atoms with E-state index in [0.717, 1.165) is 11.1 Å². The molecule has 0 bridgehead atoms. The molecular weight excluding hydrogens is 480 g/mol. The Hall–Kier alpha value is -3.95. The second kappa shape index (κ2) is 9.96. The van der Waals surface area contributed by atoms with Gasteiger partial charge in [-0.1, -0.05) is 42.5 Å². The van der Waals surface area contributed by atoms with Crippen LogP contribution in [0.3, 0.4) is 0 Å². The molecule has 0 atom stereocenters. The number of carbonyl (C=O) groups is 2. The molecule has 0 spiro atoms. The quantitative estimate of drug-likeness (QED) is 0.277.